The Morgan fingerprint density at radius 2 is 2.06 bits per heavy atom. The van der Waals surface area contributed by atoms with Crippen LogP contribution in [0.5, 0.6) is 0 Å². The molecular formula is C12H24N2O2S. The maximum absolute atomic E-state index is 11.7. The summed E-state index contributed by atoms with van der Waals surface area (Å²) in [5.74, 6) is 1.61. The van der Waals surface area contributed by atoms with Gasteiger partial charge in [-0.15, -0.1) is 0 Å². The molecule has 1 fully saturated rings. The second kappa shape index (κ2) is 7.82. The van der Waals surface area contributed by atoms with Gasteiger partial charge in [-0.05, 0) is 26.2 Å². The largest absolute Gasteiger partial charge is 0.355 e. The van der Waals surface area contributed by atoms with Crippen molar-refractivity contribution in [3.05, 3.63) is 0 Å². The molecule has 5 heteroatoms. The molecule has 1 rings (SSSR count). The summed E-state index contributed by atoms with van der Waals surface area (Å²) in [6, 6.07) is 0.197. The van der Waals surface area contributed by atoms with Gasteiger partial charge in [0.15, 0.2) is 0 Å². The molecule has 1 aliphatic heterocycles. The van der Waals surface area contributed by atoms with Crippen molar-refractivity contribution in [3.63, 3.8) is 0 Å². The van der Waals surface area contributed by atoms with Gasteiger partial charge in [0.2, 0.25) is 5.91 Å². The molecule has 1 atom stereocenters. The maximum Gasteiger partial charge on any atom is 0.236 e. The minimum Gasteiger partial charge on any atom is -0.355 e. The van der Waals surface area contributed by atoms with E-state index in [1.54, 1.807) is 0 Å². The van der Waals surface area contributed by atoms with Crippen molar-refractivity contribution in [1.29, 1.82) is 0 Å². The Kier molecular flexibility index (Phi) is 6.73. The van der Waals surface area contributed by atoms with Crippen LogP contribution in [0.3, 0.4) is 0 Å². The predicted octanol–water partition coefficient (Wildman–Crippen LogP) is 0.792. The maximum atomic E-state index is 11.7. The van der Waals surface area contributed by atoms with Gasteiger partial charge in [-0.2, -0.15) is 0 Å². The van der Waals surface area contributed by atoms with Crippen LogP contribution in [0.1, 0.15) is 39.5 Å². The van der Waals surface area contributed by atoms with Crippen LogP contribution in [0.4, 0.5) is 0 Å². The minimum atomic E-state index is -0.633. The van der Waals surface area contributed by atoms with Gasteiger partial charge in [0, 0.05) is 34.9 Å². The first-order chi connectivity index (χ1) is 8.13. The van der Waals surface area contributed by atoms with E-state index in [0.29, 0.717) is 6.04 Å². The third kappa shape index (κ3) is 5.64. The third-order valence-electron chi connectivity index (χ3n) is 3.10. The molecule has 1 heterocycles. The van der Waals surface area contributed by atoms with Gasteiger partial charge in [0.05, 0.1) is 6.04 Å². The van der Waals surface area contributed by atoms with Gasteiger partial charge in [0.1, 0.15) is 0 Å². The van der Waals surface area contributed by atoms with Crippen molar-refractivity contribution < 1.29 is 9.00 Å². The van der Waals surface area contributed by atoms with Crippen molar-refractivity contribution in [2.75, 3.05) is 18.1 Å². The van der Waals surface area contributed by atoms with Crippen molar-refractivity contribution in [1.82, 2.24) is 10.6 Å². The first kappa shape index (κ1) is 14.6. The average Bonchev–Trinajstić information content (AvgIpc) is 2.32. The van der Waals surface area contributed by atoms with E-state index in [2.05, 4.69) is 17.6 Å². The lowest BCUT2D eigenvalue weighted by atomic mass is 10.1. The Balaban J connectivity index is 2.21. The van der Waals surface area contributed by atoms with Gasteiger partial charge in [-0.1, -0.05) is 13.3 Å². The van der Waals surface area contributed by atoms with Crippen LogP contribution >= 0.6 is 0 Å². The van der Waals surface area contributed by atoms with Crippen LogP contribution in [0.2, 0.25) is 0 Å². The molecule has 0 aromatic heterocycles. The normalized spacial score (nSPS) is 26.5. The van der Waals surface area contributed by atoms with E-state index < -0.39 is 10.8 Å². The van der Waals surface area contributed by atoms with Crippen LogP contribution in [0, 0.1) is 0 Å². The Morgan fingerprint density at radius 3 is 2.65 bits per heavy atom. The lowest BCUT2D eigenvalue weighted by Gasteiger charge is -2.25. The number of amides is 1. The van der Waals surface area contributed by atoms with E-state index in [4.69, 9.17) is 0 Å². The molecule has 1 saturated heterocycles. The van der Waals surface area contributed by atoms with Crippen LogP contribution in [-0.4, -0.2) is 40.3 Å². The number of rotatable bonds is 6. The van der Waals surface area contributed by atoms with Crippen LogP contribution in [0.15, 0.2) is 0 Å². The highest BCUT2D eigenvalue weighted by molar-refractivity contribution is 7.85. The van der Waals surface area contributed by atoms with E-state index in [1.807, 2.05) is 6.92 Å². The molecular weight excluding hydrogens is 236 g/mol. The SMILES string of the molecule is CCCCNC(=O)C(C)NC1CCS(=O)CC1. The van der Waals surface area contributed by atoms with Crippen molar-refractivity contribution in [3.8, 4) is 0 Å². The molecule has 1 unspecified atom stereocenters. The fourth-order valence-corrected chi connectivity index (χ4v) is 3.23. The van der Waals surface area contributed by atoms with E-state index in [9.17, 15) is 9.00 Å². The highest BCUT2D eigenvalue weighted by Gasteiger charge is 2.21. The molecule has 0 aromatic rings. The Morgan fingerprint density at radius 1 is 1.41 bits per heavy atom. The van der Waals surface area contributed by atoms with Gasteiger partial charge in [-0.3, -0.25) is 9.00 Å². The number of carbonyl (C=O) groups is 1. The van der Waals surface area contributed by atoms with E-state index in [0.717, 1.165) is 43.7 Å². The van der Waals surface area contributed by atoms with E-state index >= 15 is 0 Å². The number of hydrogen-bond donors (Lipinski definition) is 2. The van der Waals surface area contributed by atoms with Crippen LogP contribution < -0.4 is 10.6 Å². The van der Waals surface area contributed by atoms with E-state index in [-0.39, 0.29) is 11.9 Å². The first-order valence-corrected chi connectivity index (χ1v) is 8.01. The molecule has 2 N–H and O–H groups in total. The van der Waals surface area contributed by atoms with E-state index in [1.165, 1.54) is 0 Å². The summed E-state index contributed by atoms with van der Waals surface area (Å²) in [6.45, 7) is 4.76. The molecule has 0 saturated carbocycles. The lowest BCUT2D eigenvalue weighted by Crippen LogP contribution is -2.48. The number of hydrogen-bond acceptors (Lipinski definition) is 3. The predicted molar refractivity (Wildman–Crippen MR) is 71.4 cm³/mol. The molecule has 100 valence electrons. The summed E-state index contributed by atoms with van der Waals surface area (Å²) >= 11 is 0. The van der Waals surface area contributed by atoms with Gasteiger partial charge >= 0.3 is 0 Å². The van der Waals surface area contributed by atoms with Gasteiger partial charge < -0.3 is 10.6 Å². The van der Waals surface area contributed by atoms with Crippen molar-refractivity contribution in [2.45, 2.75) is 51.6 Å². The summed E-state index contributed by atoms with van der Waals surface area (Å²) in [4.78, 5) is 11.7. The van der Waals surface area contributed by atoms with Gasteiger partial charge in [0.25, 0.3) is 0 Å². The van der Waals surface area contributed by atoms with Crippen LogP contribution in [0.25, 0.3) is 0 Å². The molecule has 1 amide bonds. The summed E-state index contributed by atoms with van der Waals surface area (Å²) < 4.78 is 11.2. The topological polar surface area (TPSA) is 58.2 Å². The van der Waals surface area contributed by atoms with Crippen LogP contribution in [-0.2, 0) is 15.6 Å². The Hall–Kier alpha value is -0.420. The molecule has 0 spiro atoms. The number of unbranched alkanes of at least 4 members (excludes halogenated alkanes) is 1. The summed E-state index contributed by atoms with van der Waals surface area (Å²) in [5.41, 5.74) is 0. The zero-order valence-electron chi connectivity index (χ0n) is 10.8. The molecule has 0 bridgehead atoms. The summed E-state index contributed by atoms with van der Waals surface area (Å²) in [7, 11) is -0.633. The zero-order valence-corrected chi connectivity index (χ0v) is 11.6. The highest BCUT2D eigenvalue weighted by Crippen LogP contribution is 2.09. The fraction of sp³-hybridized carbons (Fsp3) is 0.917. The van der Waals surface area contributed by atoms with Gasteiger partial charge in [-0.25, -0.2) is 0 Å². The Labute approximate surface area is 106 Å². The second-order valence-corrected chi connectivity index (χ2v) is 6.35. The molecule has 0 aromatic carbocycles. The monoisotopic (exact) mass is 260 g/mol. The highest BCUT2D eigenvalue weighted by atomic mass is 32.2. The molecule has 0 aliphatic carbocycles. The Bertz CT molecular complexity index is 261. The number of nitrogens with one attached hydrogen (secondary N) is 2. The molecule has 4 nitrogen and oxygen atoms in total. The molecule has 0 radical (unpaired) electrons. The second-order valence-electron chi connectivity index (χ2n) is 4.66. The smallest absolute Gasteiger partial charge is 0.236 e. The third-order valence-corrected chi connectivity index (χ3v) is 4.48. The first-order valence-electron chi connectivity index (χ1n) is 6.52. The standard InChI is InChI=1S/C12H24N2O2S/c1-3-4-7-13-12(15)10(2)14-11-5-8-17(16)9-6-11/h10-11,14H,3-9H2,1-2H3,(H,13,15). The minimum absolute atomic E-state index is 0.0742. The summed E-state index contributed by atoms with van der Waals surface area (Å²) in [6.07, 6.45) is 3.95. The molecule has 17 heavy (non-hydrogen) atoms. The lowest BCUT2D eigenvalue weighted by molar-refractivity contribution is -0.122. The molecule has 1 aliphatic rings. The fourth-order valence-electron chi connectivity index (χ4n) is 1.93. The number of carbonyl (C=O) groups excluding carboxylic acids is 1. The van der Waals surface area contributed by atoms with Crippen molar-refractivity contribution in [2.24, 2.45) is 0 Å². The van der Waals surface area contributed by atoms with Crippen molar-refractivity contribution >= 4 is 16.7 Å². The summed E-state index contributed by atoms with van der Waals surface area (Å²) in [5, 5.41) is 6.24. The quantitative estimate of drug-likeness (QED) is 0.694. The average molecular weight is 260 g/mol. The zero-order chi connectivity index (χ0) is 12.7.